The summed E-state index contributed by atoms with van der Waals surface area (Å²) in [6.45, 7) is 2.34. The molecular weight excluding hydrogens is 242 g/mol. The van der Waals surface area contributed by atoms with E-state index in [9.17, 15) is 0 Å². The molecule has 0 radical (unpaired) electrons. The summed E-state index contributed by atoms with van der Waals surface area (Å²) < 4.78 is 4.47. The van der Waals surface area contributed by atoms with Crippen LogP contribution in [0.5, 0.6) is 0 Å². The van der Waals surface area contributed by atoms with Gasteiger partial charge in [0.25, 0.3) is 0 Å². The van der Waals surface area contributed by atoms with Crippen molar-refractivity contribution in [2.75, 3.05) is 5.32 Å². The minimum Gasteiger partial charge on any atom is -0.358 e. The van der Waals surface area contributed by atoms with Crippen molar-refractivity contribution >= 4 is 16.7 Å². The molecule has 0 spiro atoms. The Hall–Kier alpha value is -0.640. The fourth-order valence-corrected chi connectivity index (χ4v) is 4.75. The molecule has 3 saturated carbocycles. The number of nitrogens with zero attached hydrogens (tertiary/aromatic N) is 2. The monoisotopic (exact) mass is 263 g/mol. The zero-order valence-electron chi connectivity index (χ0n) is 10.9. The third kappa shape index (κ3) is 1.94. The van der Waals surface area contributed by atoms with Crippen LogP contribution in [-0.4, -0.2) is 15.4 Å². The number of aromatic nitrogens is 2. The van der Waals surface area contributed by atoms with E-state index in [1.807, 2.05) is 0 Å². The lowest BCUT2D eigenvalue weighted by Crippen LogP contribution is -2.29. The lowest BCUT2D eigenvalue weighted by molar-refractivity contribution is 0.304. The van der Waals surface area contributed by atoms with E-state index in [2.05, 4.69) is 21.6 Å². The average Bonchev–Trinajstić information content (AvgIpc) is 2.82. The van der Waals surface area contributed by atoms with Gasteiger partial charge in [0.15, 0.2) is 0 Å². The second kappa shape index (κ2) is 4.19. The summed E-state index contributed by atoms with van der Waals surface area (Å²) in [5, 5.41) is 4.66. The van der Waals surface area contributed by atoms with Crippen LogP contribution in [0.25, 0.3) is 0 Å². The number of rotatable bonds is 4. The van der Waals surface area contributed by atoms with Crippen molar-refractivity contribution in [2.24, 2.45) is 17.8 Å². The van der Waals surface area contributed by atoms with Gasteiger partial charge in [0, 0.05) is 23.5 Å². The van der Waals surface area contributed by atoms with Crippen LogP contribution in [0.3, 0.4) is 0 Å². The molecule has 98 valence electrons. The van der Waals surface area contributed by atoms with Crippen molar-refractivity contribution in [3.05, 3.63) is 5.82 Å². The van der Waals surface area contributed by atoms with E-state index >= 15 is 0 Å². The number of anilines is 1. The summed E-state index contributed by atoms with van der Waals surface area (Å²) in [7, 11) is 0. The van der Waals surface area contributed by atoms with E-state index in [1.165, 1.54) is 38.5 Å². The smallest absolute Gasteiger partial charge is 0.202 e. The van der Waals surface area contributed by atoms with Crippen molar-refractivity contribution in [3.8, 4) is 0 Å². The first kappa shape index (κ1) is 11.2. The van der Waals surface area contributed by atoms with Gasteiger partial charge in [-0.3, -0.25) is 0 Å². The minimum absolute atomic E-state index is 0.570. The Balaban J connectivity index is 1.40. The molecule has 1 aromatic rings. The van der Waals surface area contributed by atoms with Gasteiger partial charge in [-0.1, -0.05) is 6.42 Å². The Kier molecular flexibility index (Phi) is 2.61. The van der Waals surface area contributed by atoms with E-state index in [0.29, 0.717) is 12.0 Å². The summed E-state index contributed by atoms with van der Waals surface area (Å²) in [6.07, 6.45) is 8.45. The van der Waals surface area contributed by atoms with Crippen LogP contribution in [-0.2, 0) is 0 Å². The molecule has 0 amide bonds. The predicted molar refractivity (Wildman–Crippen MR) is 73.9 cm³/mol. The fourth-order valence-electron chi connectivity index (χ4n) is 4.01. The van der Waals surface area contributed by atoms with Crippen molar-refractivity contribution in [1.29, 1.82) is 0 Å². The Morgan fingerprint density at radius 2 is 2.11 bits per heavy atom. The van der Waals surface area contributed by atoms with Crippen LogP contribution < -0.4 is 5.32 Å². The lowest BCUT2D eigenvalue weighted by Gasteiger charge is -2.28. The molecule has 0 aliphatic heterocycles. The first-order valence-electron chi connectivity index (χ1n) is 7.39. The number of fused-ring (bicyclic) bond motifs is 2. The Labute approximate surface area is 113 Å². The molecule has 0 aromatic carbocycles. The highest BCUT2D eigenvalue weighted by atomic mass is 32.1. The summed E-state index contributed by atoms with van der Waals surface area (Å²) in [5.41, 5.74) is 0. The van der Waals surface area contributed by atoms with Crippen LogP contribution >= 0.6 is 11.5 Å². The first-order chi connectivity index (χ1) is 8.79. The molecular formula is C14H21N3S. The van der Waals surface area contributed by atoms with E-state index < -0.39 is 0 Å². The first-order valence-corrected chi connectivity index (χ1v) is 8.17. The van der Waals surface area contributed by atoms with Gasteiger partial charge in [-0.15, -0.1) is 0 Å². The largest absolute Gasteiger partial charge is 0.358 e. The third-order valence-corrected chi connectivity index (χ3v) is 5.83. The highest BCUT2D eigenvalue weighted by Gasteiger charge is 2.42. The van der Waals surface area contributed by atoms with Crippen LogP contribution in [0.4, 0.5) is 5.13 Å². The lowest BCUT2D eigenvalue weighted by atomic mass is 9.84. The fraction of sp³-hybridized carbons (Fsp3) is 0.857. The molecule has 3 aliphatic rings. The molecule has 1 aromatic heterocycles. The van der Waals surface area contributed by atoms with Gasteiger partial charge in [-0.2, -0.15) is 4.37 Å². The van der Waals surface area contributed by atoms with E-state index in [0.717, 1.165) is 28.7 Å². The zero-order valence-corrected chi connectivity index (χ0v) is 11.7. The predicted octanol–water partition coefficient (Wildman–Crippen LogP) is 3.65. The summed E-state index contributed by atoms with van der Waals surface area (Å²) in [4.78, 5) is 4.64. The molecule has 4 heteroatoms. The topological polar surface area (TPSA) is 37.8 Å². The van der Waals surface area contributed by atoms with Crippen molar-refractivity contribution in [1.82, 2.24) is 9.36 Å². The highest BCUT2D eigenvalue weighted by molar-refractivity contribution is 7.09. The Bertz CT molecular complexity index is 440. The normalized spacial score (nSPS) is 35.9. The molecule has 0 saturated heterocycles. The van der Waals surface area contributed by atoms with Gasteiger partial charge < -0.3 is 5.32 Å². The van der Waals surface area contributed by atoms with Crippen molar-refractivity contribution < 1.29 is 0 Å². The van der Waals surface area contributed by atoms with Gasteiger partial charge in [-0.25, -0.2) is 4.98 Å². The second-order valence-electron chi connectivity index (χ2n) is 6.50. The zero-order chi connectivity index (χ0) is 12.1. The maximum Gasteiger partial charge on any atom is 0.202 e. The van der Waals surface area contributed by atoms with Gasteiger partial charge in [0.1, 0.15) is 5.82 Å². The Morgan fingerprint density at radius 3 is 2.78 bits per heavy atom. The van der Waals surface area contributed by atoms with Gasteiger partial charge in [-0.05, 0) is 56.8 Å². The molecule has 4 unspecified atom stereocenters. The summed E-state index contributed by atoms with van der Waals surface area (Å²) >= 11 is 1.55. The van der Waals surface area contributed by atoms with Crippen LogP contribution in [0.15, 0.2) is 0 Å². The van der Waals surface area contributed by atoms with Crippen molar-refractivity contribution in [2.45, 2.75) is 57.4 Å². The quantitative estimate of drug-likeness (QED) is 0.901. The van der Waals surface area contributed by atoms with Crippen LogP contribution in [0, 0.1) is 17.8 Å². The van der Waals surface area contributed by atoms with E-state index in [1.54, 1.807) is 11.5 Å². The van der Waals surface area contributed by atoms with E-state index in [-0.39, 0.29) is 0 Å². The average molecular weight is 263 g/mol. The maximum absolute atomic E-state index is 4.64. The molecule has 3 nitrogen and oxygen atoms in total. The van der Waals surface area contributed by atoms with Gasteiger partial charge in [0.2, 0.25) is 5.13 Å². The van der Waals surface area contributed by atoms with Crippen molar-refractivity contribution in [3.63, 3.8) is 0 Å². The molecule has 4 rings (SSSR count). The summed E-state index contributed by atoms with van der Waals surface area (Å²) in [6, 6.07) is 0.570. The van der Waals surface area contributed by atoms with Gasteiger partial charge >= 0.3 is 0 Å². The number of hydrogen-bond acceptors (Lipinski definition) is 4. The van der Waals surface area contributed by atoms with Crippen LogP contribution in [0.1, 0.15) is 57.2 Å². The molecule has 1 N–H and O–H groups in total. The SMILES string of the molecule is CC(Nc1nc(C2CC2)ns1)C1CC2CCC1C2. The number of nitrogens with one attached hydrogen (secondary N) is 1. The molecule has 3 aliphatic carbocycles. The standard InChI is InChI=1S/C14H21N3S/c1-8(12-7-9-2-3-11(12)6-9)15-14-16-13(17-18-14)10-4-5-10/h8-12H,2-7H2,1H3,(H,15,16,17). The second-order valence-corrected chi connectivity index (χ2v) is 7.26. The summed E-state index contributed by atoms with van der Waals surface area (Å²) in [5.74, 6) is 4.64. The molecule has 18 heavy (non-hydrogen) atoms. The molecule has 2 bridgehead atoms. The maximum atomic E-state index is 4.64. The van der Waals surface area contributed by atoms with Crippen LogP contribution in [0.2, 0.25) is 0 Å². The third-order valence-electron chi connectivity index (χ3n) is 5.17. The number of hydrogen-bond donors (Lipinski definition) is 1. The molecule has 1 heterocycles. The van der Waals surface area contributed by atoms with E-state index in [4.69, 9.17) is 0 Å². The highest BCUT2D eigenvalue weighted by Crippen LogP contribution is 2.50. The molecule has 4 atom stereocenters. The molecule has 3 fully saturated rings. The Morgan fingerprint density at radius 1 is 1.22 bits per heavy atom. The van der Waals surface area contributed by atoms with Gasteiger partial charge in [0.05, 0.1) is 0 Å². The minimum atomic E-state index is 0.570.